The number of nitrogens with zero attached hydrogens (tertiary/aromatic N) is 2. The molecule has 0 saturated heterocycles. The Hall–Kier alpha value is -2.16. The first-order chi connectivity index (χ1) is 29.5. The van der Waals surface area contributed by atoms with Gasteiger partial charge in [-0.3, -0.25) is 9.69 Å². The molecule has 0 spiro atoms. The Morgan fingerprint density at radius 1 is 0.661 bits per heavy atom. The molecule has 0 atom stereocenters. The lowest BCUT2D eigenvalue weighted by Crippen LogP contribution is -2.30. The van der Waals surface area contributed by atoms with Crippen LogP contribution in [0.5, 0.6) is 0 Å². The van der Waals surface area contributed by atoms with E-state index in [0.29, 0.717) is 25.6 Å². The Morgan fingerprint density at radius 2 is 1.18 bits per heavy atom. The summed E-state index contributed by atoms with van der Waals surface area (Å²) in [5, 5.41) is 0. The molecule has 0 fully saturated rings. The second kappa shape index (κ2) is 46.8. The summed E-state index contributed by atoms with van der Waals surface area (Å²) in [6.45, 7) is 12.6. The van der Waals surface area contributed by atoms with Crippen LogP contribution in [0.4, 0.5) is 0 Å². The quantitative estimate of drug-likeness (QED) is 0.0372. The molecule has 7 heteroatoms. The van der Waals surface area contributed by atoms with Crippen molar-refractivity contribution in [2.45, 2.75) is 222 Å². The zero-order valence-corrected chi connectivity index (χ0v) is 40.3. The first-order valence-corrected chi connectivity index (χ1v) is 25.4. The molecular formula is C55H100N2O4S. The smallest absolute Gasteiger partial charge is 0.147 e. The lowest BCUT2D eigenvalue weighted by Gasteiger charge is -2.27. The number of rotatable bonds is 40. The van der Waals surface area contributed by atoms with Crippen molar-refractivity contribution in [3.8, 4) is 0 Å². The first kappa shape index (κ1) is 61.9. The number of thiophene rings is 1. The van der Waals surface area contributed by atoms with Crippen molar-refractivity contribution < 1.29 is 19.1 Å². The Bertz CT molecular complexity index is 1250. The van der Waals surface area contributed by atoms with Crippen LogP contribution in [0.25, 0.3) is 0 Å². The van der Waals surface area contributed by atoms with E-state index in [-0.39, 0.29) is 14.9 Å². The number of Topliss-reactive ketones (excluding diaryl/α,β-unsaturated/α-hetero) is 1. The Morgan fingerprint density at radius 3 is 1.73 bits per heavy atom. The average molecular weight is 885 g/mol. The predicted molar refractivity (Wildman–Crippen MR) is 275 cm³/mol. The third-order valence-electron chi connectivity index (χ3n) is 11.3. The van der Waals surface area contributed by atoms with E-state index in [0.717, 1.165) is 71.2 Å². The molecule has 0 aliphatic carbocycles. The minimum atomic E-state index is 0. The third kappa shape index (κ3) is 35.2. The van der Waals surface area contributed by atoms with Crippen LogP contribution in [0.2, 0.25) is 0 Å². The number of aryl methyl sites for hydroxylation is 1. The van der Waals surface area contributed by atoms with Gasteiger partial charge in [0.2, 0.25) is 0 Å². The average Bonchev–Trinajstić information content (AvgIpc) is 3.60. The van der Waals surface area contributed by atoms with Gasteiger partial charge in [0.25, 0.3) is 0 Å². The summed E-state index contributed by atoms with van der Waals surface area (Å²) in [6.07, 6.45) is 52.0. The number of unbranched alkanes of at least 4 members (excludes halogenated alkanes) is 17. The molecule has 1 aromatic heterocycles. The lowest BCUT2D eigenvalue weighted by atomic mass is 9.99. The first-order valence-electron chi connectivity index (χ1n) is 24.6. The summed E-state index contributed by atoms with van der Waals surface area (Å²) in [7, 11) is 4.19. The maximum absolute atomic E-state index is 13.0. The van der Waals surface area contributed by atoms with Gasteiger partial charge in [0, 0.05) is 35.7 Å². The van der Waals surface area contributed by atoms with Gasteiger partial charge in [-0.25, -0.2) is 0 Å². The topological polar surface area (TPSA) is 59.1 Å². The van der Waals surface area contributed by atoms with Crippen LogP contribution in [0, 0.1) is 0 Å². The molecule has 0 amide bonds. The number of carbonyl (C=O) groups is 2. The number of fused-ring (bicyclic) bond motifs is 1. The number of allylic oxidation sites excluding steroid dienone is 8. The lowest BCUT2D eigenvalue weighted by molar-refractivity contribution is -0.119. The molecule has 1 aliphatic heterocycles. The van der Waals surface area contributed by atoms with Gasteiger partial charge >= 0.3 is 0 Å². The Kier molecular flexibility index (Phi) is 46.8. The Labute approximate surface area is 389 Å². The molecule has 2 rings (SSSR count). The number of hydrogen-bond acceptors (Lipinski definition) is 7. The fraction of sp³-hybridized carbons (Fsp3) is 0.745. The van der Waals surface area contributed by atoms with Crippen LogP contribution in [0.1, 0.15) is 217 Å². The fourth-order valence-electron chi connectivity index (χ4n) is 7.72. The predicted octanol–water partition coefficient (Wildman–Crippen LogP) is 15.8. The molecule has 1 aliphatic rings. The van der Waals surface area contributed by atoms with Gasteiger partial charge in [-0.05, 0) is 135 Å². The SMILES string of the molecule is C.C.C=O.CCCCC/C=C\C/C=C\CCCCCCCCN1CCc2c(sc(CCC(=O)CCCCCCC/C=C\C/C=C\CCCCC)c2COCOCCCN(C)C)C1. The van der Waals surface area contributed by atoms with Crippen LogP contribution < -0.4 is 0 Å². The summed E-state index contributed by atoms with van der Waals surface area (Å²) < 4.78 is 11.9. The molecule has 62 heavy (non-hydrogen) atoms. The maximum Gasteiger partial charge on any atom is 0.147 e. The van der Waals surface area contributed by atoms with Crippen LogP contribution in [-0.2, 0) is 45.1 Å². The van der Waals surface area contributed by atoms with E-state index in [4.69, 9.17) is 14.3 Å². The second-order valence-corrected chi connectivity index (χ2v) is 18.3. The number of ketones is 1. The Balaban J connectivity index is 0. The van der Waals surface area contributed by atoms with Gasteiger partial charge < -0.3 is 19.2 Å². The van der Waals surface area contributed by atoms with E-state index in [9.17, 15) is 4.79 Å². The molecule has 1 aromatic rings. The summed E-state index contributed by atoms with van der Waals surface area (Å²) in [4.78, 5) is 28.8. The van der Waals surface area contributed by atoms with Gasteiger partial charge in [0.05, 0.1) is 13.2 Å². The van der Waals surface area contributed by atoms with E-state index < -0.39 is 0 Å². The molecule has 0 radical (unpaired) electrons. The van der Waals surface area contributed by atoms with Crippen molar-refractivity contribution in [3.05, 3.63) is 69.5 Å². The normalized spacial score (nSPS) is 13.0. The van der Waals surface area contributed by atoms with Crippen LogP contribution in [-0.4, -0.2) is 69.5 Å². The standard InChI is InChI=1S/C52H90N2O3S.CH2O.2CH4/c1-5-7-9-11-13-15-17-19-21-23-25-27-29-31-33-35-42-54-43-40-49-50(46-57-47-56-44-36-41-53(3)4)51(58-52(49)45-54)39-38-48(55)37-34-32-30-28-26-24-22-20-18-16-14-12-10-8-6-2;1-2;;/h13-16,19-22H,5-12,17-18,23-47H2,1-4H3;1H2;2*1H4/b15-13-,16-14-,21-19-,22-20-;;;. The van der Waals surface area contributed by atoms with E-state index in [2.05, 4.69) is 86.4 Å². The fourth-order valence-corrected chi connectivity index (χ4v) is 9.12. The molecule has 0 saturated carbocycles. The largest absolute Gasteiger partial charge is 0.355 e. The van der Waals surface area contributed by atoms with Crippen molar-refractivity contribution in [2.75, 3.05) is 47.1 Å². The highest BCUT2D eigenvalue weighted by Gasteiger charge is 2.24. The summed E-state index contributed by atoms with van der Waals surface area (Å²) in [6, 6.07) is 0. The van der Waals surface area contributed by atoms with Crippen molar-refractivity contribution in [1.29, 1.82) is 0 Å². The molecular weight excluding hydrogens is 785 g/mol. The van der Waals surface area contributed by atoms with Crippen molar-refractivity contribution in [3.63, 3.8) is 0 Å². The summed E-state index contributed by atoms with van der Waals surface area (Å²) in [5.74, 6) is 0.423. The zero-order valence-electron chi connectivity index (χ0n) is 39.5. The molecule has 0 bridgehead atoms. The molecule has 360 valence electrons. The van der Waals surface area contributed by atoms with Crippen LogP contribution in [0.15, 0.2) is 48.6 Å². The number of carbonyl (C=O) groups excluding carboxylic acids is 2. The summed E-state index contributed by atoms with van der Waals surface area (Å²) in [5.41, 5.74) is 2.86. The summed E-state index contributed by atoms with van der Waals surface area (Å²) >= 11 is 1.96. The monoisotopic (exact) mass is 885 g/mol. The van der Waals surface area contributed by atoms with E-state index in [1.165, 1.54) is 156 Å². The van der Waals surface area contributed by atoms with Crippen molar-refractivity contribution >= 4 is 23.9 Å². The van der Waals surface area contributed by atoms with Gasteiger partial charge in [0.1, 0.15) is 19.4 Å². The van der Waals surface area contributed by atoms with Crippen molar-refractivity contribution in [1.82, 2.24) is 9.80 Å². The highest BCUT2D eigenvalue weighted by Crippen LogP contribution is 2.35. The highest BCUT2D eigenvalue weighted by atomic mass is 32.1. The highest BCUT2D eigenvalue weighted by molar-refractivity contribution is 7.12. The molecule has 6 nitrogen and oxygen atoms in total. The van der Waals surface area contributed by atoms with E-state index in [1.807, 2.05) is 18.1 Å². The van der Waals surface area contributed by atoms with Gasteiger partial charge in [0.15, 0.2) is 0 Å². The zero-order chi connectivity index (χ0) is 43.6. The van der Waals surface area contributed by atoms with Gasteiger partial charge in [-0.1, -0.05) is 148 Å². The van der Waals surface area contributed by atoms with Gasteiger partial charge in [-0.2, -0.15) is 0 Å². The molecule has 0 aromatic carbocycles. The van der Waals surface area contributed by atoms with Crippen LogP contribution in [0.3, 0.4) is 0 Å². The number of hydrogen-bond donors (Lipinski definition) is 0. The second-order valence-electron chi connectivity index (χ2n) is 17.1. The third-order valence-corrected chi connectivity index (χ3v) is 12.7. The van der Waals surface area contributed by atoms with Gasteiger partial charge in [-0.15, -0.1) is 11.3 Å². The van der Waals surface area contributed by atoms with E-state index in [1.54, 1.807) is 0 Å². The molecule has 2 heterocycles. The minimum absolute atomic E-state index is 0. The van der Waals surface area contributed by atoms with Crippen LogP contribution >= 0.6 is 11.3 Å². The minimum Gasteiger partial charge on any atom is -0.355 e. The van der Waals surface area contributed by atoms with Crippen molar-refractivity contribution in [2.24, 2.45) is 0 Å². The number of ether oxygens (including phenoxy) is 2. The van der Waals surface area contributed by atoms with E-state index >= 15 is 0 Å². The molecule has 0 N–H and O–H groups in total. The maximum atomic E-state index is 13.0. The molecule has 0 unspecified atom stereocenters.